The van der Waals surface area contributed by atoms with Crippen molar-refractivity contribution in [3.8, 4) is 0 Å². The summed E-state index contributed by atoms with van der Waals surface area (Å²) >= 11 is 0. The first kappa shape index (κ1) is 16.5. The van der Waals surface area contributed by atoms with Gasteiger partial charge in [-0.15, -0.1) is 0 Å². The van der Waals surface area contributed by atoms with E-state index in [0.717, 1.165) is 11.3 Å². The summed E-state index contributed by atoms with van der Waals surface area (Å²) in [4.78, 5) is 29.4. The quantitative estimate of drug-likeness (QED) is 0.810. The molecule has 0 bridgehead atoms. The summed E-state index contributed by atoms with van der Waals surface area (Å²) in [6.07, 6.45) is 0.814. The van der Waals surface area contributed by atoms with E-state index in [-0.39, 0.29) is 24.0 Å². The van der Waals surface area contributed by atoms with Crippen LogP contribution >= 0.6 is 0 Å². The molecule has 2 aromatic rings. The summed E-state index contributed by atoms with van der Waals surface area (Å²) in [5.41, 5.74) is 1.73. The Balaban J connectivity index is 1.45. The summed E-state index contributed by atoms with van der Waals surface area (Å²) in [5, 5.41) is 4.32. The molecule has 2 amide bonds. The molecule has 3 aliphatic heterocycles. The summed E-state index contributed by atoms with van der Waals surface area (Å²) in [6.45, 7) is 3.04. The van der Waals surface area contributed by atoms with E-state index in [1.165, 1.54) is 0 Å². The van der Waals surface area contributed by atoms with Gasteiger partial charge in [-0.25, -0.2) is 0 Å². The number of ether oxygens (including phenoxy) is 1. The molecule has 0 saturated carbocycles. The van der Waals surface area contributed by atoms with Crippen LogP contribution in [0.3, 0.4) is 0 Å². The van der Waals surface area contributed by atoms with E-state index < -0.39 is 5.72 Å². The average Bonchev–Trinajstić information content (AvgIpc) is 3.37. The van der Waals surface area contributed by atoms with Gasteiger partial charge >= 0.3 is 0 Å². The minimum absolute atomic E-state index is 0.0631. The molecule has 140 valence electrons. The van der Waals surface area contributed by atoms with Crippen LogP contribution in [0.25, 0.3) is 0 Å². The van der Waals surface area contributed by atoms with Gasteiger partial charge in [-0.1, -0.05) is 30.3 Å². The number of nitrogens with zero attached hydrogens (tertiary/aromatic N) is 4. The van der Waals surface area contributed by atoms with Gasteiger partial charge in [0.2, 0.25) is 5.91 Å². The topological polar surface area (TPSA) is 67.7 Å². The minimum Gasteiger partial charge on any atom is -0.343 e. The Morgan fingerprint density at radius 2 is 2.07 bits per heavy atom. The highest BCUT2D eigenvalue weighted by atomic mass is 16.5. The fourth-order valence-electron chi connectivity index (χ4n) is 4.72. The first-order valence-electron chi connectivity index (χ1n) is 9.34. The lowest BCUT2D eigenvalue weighted by atomic mass is 10.1. The Bertz CT molecular complexity index is 905. The SMILES string of the molecule is Cc1cc(C(=O)N2CC[C@@]34O[C@@H](c5ccccc5)CN3C(=O)C[C@@H]24)nn1C. The lowest BCUT2D eigenvalue weighted by molar-refractivity contribution is -0.138. The number of hydrogen-bond acceptors (Lipinski definition) is 4. The van der Waals surface area contributed by atoms with Gasteiger partial charge in [0.15, 0.2) is 11.4 Å². The van der Waals surface area contributed by atoms with Crippen LogP contribution in [0.4, 0.5) is 0 Å². The molecule has 7 nitrogen and oxygen atoms in total. The lowest BCUT2D eigenvalue weighted by Gasteiger charge is -2.31. The van der Waals surface area contributed by atoms with Gasteiger partial charge in [0.05, 0.1) is 19.0 Å². The fourth-order valence-corrected chi connectivity index (χ4v) is 4.72. The number of aryl methyl sites for hydroxylation is 2. The highest BCUT2D eigenvalue weighted by Gasteiger charge is 2.65. The lowest BCUT2D eigenvalue weighted by Crippen LogP contribution is -2.48. The molecule has 1 aromatic carbocycles. The monoisotopic (exact) mass is 366 g/mol. The van der Waals surface area contributed by atoms with Gasteiger partial charge in [0.1, 0.15) is 6.10 Å². The smallest absolute Gasteiger partial charge is 0.274 e. The molecule has 3 saturated heterocycles. The standard InChI is InChI=1S/C20H22N4O3/c1-13-10-15(21-22(13)2)19(26)23-9-8-20-17(23)11-18(25)24(20)12-16(27-20)14-6-4-3-5-7-14/h3-7,10,16-17H,8-9,11-12H2,1-2H3/t16-,17-,20+/m1/s1. The summed E-state index contributed by atoms with van der Waals surface area (Å²) in [6, 6.07) is 11.5. The first-order valence-corrected chi connectivity index (χ1v) is 9.34. The zero-order chi connectivity index (χ0) is 18.8. The second-order valence-corrected chi connectivity index (χ2v) is 7.63. The molecule has 0 radical (unpaired) electrons. The molecule has 7 heteroatoms. The van der Waals surface area contributed by atoms with Crippen molar-refractivity contribution in [2.45, 2.75) is 37.6 Å². The minimum atomic E-state index is -0.697. The molecule has 4 heterocycles. The fraction of sp³-hybridized carbons (Fsp3) is 0.450. The van der Waals surface area contributed by atoms with Gasteiger partial charge in [0.25, 0.3) is 5.91 Å². The summed E-state index contributed by atoms with van der Waals surface area (Å²) in [5.74, 6) is -0.0601. The van der Waals surface area contributed by atoms with Crippen molar-refractivity contribution in [3.05, 3.63) is 53.3 Å². The average molecular weight is 366 g/mol. The van der Waals surface area contributed by atoms with E-state index in [1.807, 2.05) is 49.2 Å². The highest BCUT2D eigenvalue weighted by Crippen LogP contribution is 2.50. The van der Waals surface area contributed by atoms with Crippen LogP contribution in [-0.2, 0) is 16.6 Å². The van der Waals surface area contributed by atoms with Crippen LogP contribution in [0.5, 0.6) is 0 Å². The van der Waals surface area contributed by atoms with Crippen molar-refractivity contribution in [3.63, 3.8) is 0 Å². The number of benzene rings is 1. The molecule has 5 rings (SSSR count). The van der Waals surface area contributed by atoms with E-state index >= 15 is 0 Å². The molecule has 0 aliphatic carbocycles. The molecular weight excluding hydrogens is 344 g/mol. The number of carbonyl (C=O) groups is 2. The van der Waals surface area contributed by atoms with Crippen molar-refractivity contribution in [2.24, 2.45) is 7.05 Å². The highest BCUT2D eigenvalue weighted by molar-refractivity contribution is 5.94. The molecule has 0 unspecified atom stereocenters. The Morgan fingerprint density at radius 3 is 2.78 bits per heavy atom. The van der Waals surface area contributed by atoms with Crippen molar-refractivity contribution in [1.82, 2.24) is 19.6 Å². The van der Waals surface area contributed by atoms with Crippen molar-refractivity contribution >= 4 is 11.8 Å². The normalized spacial score (nSPS) is 29.3. The second kappa shape index (κ2) is 5.66. The molecule has 3 atom stereocenters. The molecular formula is C20H22N4O3. The predicted octanol–water partition coefficient (Wildman–Crippen LogP) is 1.64. The van der Waals surface area contributed by atoms with E-state index in [4.69, 9.17) is 4.74 Å². The van der Waals surface area contributed by atoms with Crippen LogP contribution in [0.1, 0.15) is 40.7 Å². The van der Waals surface area contributed by atoms with Gasteiger partial charge in [-0.05, 0) is 18.6 Å². The Hall–Kier alpha value is -2.67. The molecule has 0 N–H and O–H groups in total. The maximum absolute atomic E-state index is 13.1. The van der Waals surface area contributed by atoms with Crippen LogP contribution < -0.4 is 0 Å². The molecule has 27 heavy (non-hydrogen) atoms. The third-order valence-electron chi connectivity index (χ3n) is 6.19. The summed E-state index contributed by atoms with van der Waals surface area (Å²) < 4.78 is 8.18. The van der Waals surface area contributed by atoms with E-state index in [2.05, 4.69) is 5.10 Å². The Morgan fingerprint density at radius 1 is 1.30 bits per heavy atom. The molecule has 1 spiro atoms. The third-order valence-corrected chi connectivity index (χ3v) is 6.19. The molecule has 1 aromatic heterocycles. The van der Waals surface area contributed by atoms with Crippen molar-refractivity contribution in [2.75, 3.05) is 13.1 Å². The number of aromatic nitrogens is 2. The largest absolute Gasteiger partial charge is 0.343 e. The van der Waals surface area contributed by atoms with Gasteiger partial charge in [0, 0.05) is 25.7 Å². The third kappa shape index (κ3) is 2.27. The zero-order valence-corrected chi connectivity index (χ0v) is 15.5. The number of likely N-dealkylation sites (tertiary alicyclic amines) is 1. The predicted molar refractivity (Wildman–Crippen MR) is 96.7 cm³/mol. The van der Waals surface area contributed by atoms with Crippen molar-refractivity contribution in [1.29, 1.82) is 0 Å². The maximum atomic E-state index is 13.1. The maximum Gasteiger partial charge on any atom is 0.274 e. The number of hydrogen-bond donors (Lipinski definition) is 0. The van der Waals surface area contributed by atoms with E-state index in [9.17, 15) is 9.59 Å². The Labute approximate surface area is 157 Å². The van der Waals surface area contributed by atoms with Gasteiger partial charge in [-0.2, -0.15) is 5.10 Å². The van der Waals surface area contributed by atoms with Crippen molar-refractivity contribution < 1.29 is 14.3 Å². The molecule has 3 aliphatic rings. The van der Waals surface area contributed by atoms with Crippen LogP contribution in [-0.4, -0.2) is 56.3 Å². The van der Waals surface area contributed by atoms with E-state index in [1.54, 1.807) is 15.6 Å². The second-order valence-electron chi connectivity index (χ2n) is 7.63. The van der Waals surface area contributed by atoms with Crippen LogP contribution in [0.15, 0.2) is 36.4 Å². The number of carbonyl (C=O) groups excluding carboxylic acids is 2. The molecule has 3 fully saturated rings. The number of rotatable bonds is 2. The number of amides is 2. The van der Waals surface area contributed by atoms with Gasteiger partial charge < -0.3 is 14.5 Å². The first-order chi connectivity index (χ1) is 13.0. The van der Waals surface area contributed by atoms with E-state index in [0.29, 0.717) is 31.6 Å². The van der Waals surface area contributed by atoms with Gasteiger partial charge in [-0.3, -0.25) is 14.3 Å². The van der Waals surface area contributed by atoms with Crippen LogP contribution in [0, 0.1) is 6.92 Å². The zero-order valence-electron chi connectivity index (χ0n) is 15.5. The Kier molecular flexibility index (Phi) is 3.46. The van der Waals surface area contributed by atoms with Crippen LogP contribution in [0.2, 0.25) is 0 Å². The summed E-state index contributed by atoms with van der Waals surface area (Å²) in [7, 11) is 1.82.